The Kier molecular flexibility index (Phi) is 5.50. The van der Waals surface area contributed by atoms with Crippen LogP contribution in [0.15, 0.2) is 70.9 Å². The van der Waals surface area contributed by atoms with Crippen LogP contribution in [0.2, 0.25) is 0 Å². The van der Waals surface area contributed by atoms with Gasteiger partial charge in [-0.05, 0) is 54.4 Å². The molecule has 32 heavy (non-hydrogen) atoms. The lowest BCUT2D eigenvalue weighted by Gasteiger charge is -2.08. The van der Waals surface area contributed by atoms with Gasteiger partial charge in [0.15, 0.2) is 5.16 Å². The Morgan fingerprint density at radius 3 is 2.75 bits per heavy atom. The Bertz CT molecular complexity index is 1450. The summed E-state index contributed by atoms with van der Waals surface area (Å²) in [7, 11) is 1.64. The van der Waals surface area contributed by atoms with Crippen LogP contribution in [0.3, 0.4) is 0 Å². The fraction of sp³-hybridized carbons (Fsp3) is 0.130. The molecule has 9 heteroatoms. The van der Waals surface area contributed by atoms with Crippen molar-refractivity contribution < 1.29 is 4.74 Å². The third-order valence-corrected chi connectivity index (χ3v) is 7.16. The fourth-order valence-corrected chi connectivity index (χ4v) is 5.20. The molecule has 7 nitrogen and oxygen atoms in total. The van der Waals surface area contributed by atoms with Crippen LogP contribution in [-0.4, -0.2) is 31.8 Å². The first-order valence-electron chi connectivity index (χ1n) is 9.88. The van der Waals surface area contributed by atoms with Crippen LogP contribution in [0.25, 0.3) is 26.3 Å². The number of ether oxygens (including phenoxy) is 1. The third kappa shape index (κ3) is 3.92. The van der Waals surface area contributed by atoms with E-state index in [1.807, 2.05) is 66.1 Å². The van der Waals surface area contributed by atoms with E-state index in [1.165, 1.54) is 23.1 Å². The number of hydrogen-bond donors (Lipinski definition) is 1. The van der Waals surface area contributed by atoms with Gasteiger partial charge in [-0.2, -0.15) is 0 Å². The summed E-state index contributed by atoms with van der Waals surface area (Å²) in [5.74, 6) is 1.87. The molecule has 160 valence electrons. The van der Waals surface area contributed by atoms with Crippen molar-refractivity contribution in [1.82, 2.24) is 24.7 Å². The normalized spacial score (nSPS) is 11.2. The number of thiophene rings is 1. The zero-order valence-electron chi connectivity index (χ0n) is 17.4. The van der Waals surface area contributed by atoms with Crippen molar-refractivity contribution in [2.75, 3.05) is 7.11 Å². The van der Waals surface area contributed by atoms with Crippen molar-refractivity contribution in [3.8, 4) is 21.9 Å². The summed E-state index contributed by atoms with van der Waals surface area (Å²) in [4.78, 5) is 21.3. The quantitative estimate of drug-likeness (QED) is 0.364. The summed E-state index contributed by atoms with van der Waals surface area (Å²) in [6.45, 7) is 2.05. The van der Waals surface area contributed by atoms with Crippen LogP contribution in [0.5, 0.6) is 5.75 Å². The average Bonchev–Trinajstić information content (AvgIpc) is 3.45. The maximum Gasteiger partial charge on any atom is 0.268 e. The van der Waals surface area contributed by atoms with Crippen molar-refractivity contribution in [2.24, 2.45) is 0 Å². The number of aryl methyl sites for hydroxylation is 1. The zero-order chi connectivity index (χ0) is 22.1. The predicted octanol–water partition coefficient (Wildman–Crippen LogP) is 4.84. The third-order valence-electron chi connectivity index (χ3n) is 5.04. The Balaban J connectivity index is 1.41. The molecule has 5 rings (SSSR count). The lowest BCUT2D eigenvalue weighted by Crippen LogP contribution is -2.09. The van der Waals surface area contributed by atoms with Gasteiger partial charge < -0.3 is 9.72 Å². The Morgan fingerprint density at radius 2 is 1.97 bits per heavy atom. The number of para-hydroxylation sites is 1. The van der Waals surface area contributed by atoms with Gasteiger partial charge in [0.2, 0.25) is 0 Å². The van der Waals surface area contributed by atoms with E-state index in [-0.39, 0.29) is 5.56 Å². The maximum atomic E-state index is 12.7. The highest BCUT2D eigenvalue weighted by Crippen LogP contribution is 2.32. The molecule has 3 heterocycles. The van der Waals surface area contributed by atoms with Crippen LogP contribution >= 0.6 is 23.1 Å². The van der Waals surface area contributed by atoms with Crippen LogP contribution in [0.1, 0.15) is 11.4 Å². The number of methoxy groups -OCH3 is 1. The molecule has 0 atom stereocenters. The molecule has 0 unspecified atom stereocenters. The smallest absolute Gasteiger partial charge is 0.268 e. The molecule has 0 fully saturated rings. The summed E-state index contributed by atoms with van der Waals surface area (Å²) in [5, 5.41) is 9.04. The lowest BCUT2D eigenvalue weighted by molar-refractivity contribution is 0.415. The number of H-pyrrole nitrogens is 1. The van der Waals surface area contributed by atoms with E-state index in [2.05, 4.69) is 20.2 Å². The summed E-state index contributed by atoms with van der Waals surface area (Å²) in [6.07, 6.45) is 1.70. The number of fused-ring (bicyclic) bond motifs is 1. The van der Waals surface area contributed by atoms with Crippen LogP contribution in [-0.2, 0) is 5.75 Å². The molecule has 0 aliphatic heterocycles. The minimum atomic E-state index is -0.129. The topological polar surface area (TPSA) is 85.7 Å². The van der Waals surface area contributed by atoms with E-state index in [0.717, 1.165) is 32.6 Å². The molecule has 2 aromatic carbocycles. The van der Waals surface area contributed by atoms with E-state index < -0.39 is 0 Å². The summed E-state index contributed by atoms with van der Waals surface area (Å²) >= 11 is 2.92. The summed E-state index contributed by atoms with van der Waals surface area (Å²) in [6, 6.07) is 17.8. The highest BCUT2D eigenvalue weighted by Gasteiger charge is 2.13. The first kappa shape index (κ1) is 20.5. The highest BCUT2D eigenvalue weighted by molar-refractivity contribution is 7.98. The number of nitrogens with zero attached hydrogens (tertiary/aromatic N) is 4. The van der Waals surface area contributed by atoms with E-state index in [9.17, 15) is 4.79 Å². The minimum Gasteiger partial charge on any atom is -0.497 e. The van der Waals surface area contributed by atoms with Crippen molar-refractivity contribution >= 4 is 33.3 Å². The Morgan fingerprint density at radius 1 is 1.16 bits per heavy atom. The molecule has 3 aromatic heterocycles. The van der Waals surface area contributed by atoms with Gasteiger partial charge in [0.1, 0.15) is 22.6 Å². The largest absolute Gasteiger partial charge is 0.497 e. The molecule has 5 aromatic rings. The molecule has 0 aliphatic carbocycles. The molecule has 0 saturated heterocycles. The number of aromatic nitrogens is 5. The van der Waals surface area contributed by atoms with Gasteiger partial charge in [0.25, 0.3) is 5.56 Å². The lowest BCUT2D eigenvalue weighted by atomic mass is 10.2. The zero-order valence-corrected chi connectivity index (χ0v) is 19.0. The fourth-order valence-electron chi connectivity index (χ4n) is 3.41. The number of hydrogen-bond acceptors (Lipinski definition) is 7. The van der Waals surface area contributed by atoms with Crippen LogP contribution < -0.4 is 10.3 Å². The first-order valence-corrected chi connectivity index (χ1v) is 11.7. The molecule has 0 amide bonds. The van der Waals surface area contributed by atoms with Crippen molar-refractivity contribution in [3.05, 3.63) is 82.7 Å². The Labute approximate surface area is 192 Å². The average molecular weight is 462 g/mol. The number of benzene rings is 2. The van der Waals surface area contributed by atoms with E-state index in [1.54, 1.807) is 13.4 Å². The maximum absolute atomic E-state index is 12.7. The molecule has 0 aliphatic rings. The molecule has 0 bridgehead atoms. The van der Waals surface area contributed by atoms with Crippen molar-refractivity contribution in [3.63, 3.8) is 0 Å². The van der Waals surface area contributed by atoms with Crippen LogP contribution in [0.4, 0.5) is 0 Å². The van der Waals surface area contributed by atoms with Crippen molar-refractivity contribution in [1.29, 1.82) is 0 Å². The van der Waals surface area contributed by atoms with Gasteiger partial charge in [-0.25, -0.2) is 4.98 Å². The molecule has 0 spiro atoms. The van der Waals surface area contributed by atoms with Crippen LogP contribution in [0, 0.1) is 6.92 Å². The highest BCUT2D eigenvalue weighted by atomic mass is 32.2. The van der Waals surface area contributed by atoms with Gasteiger partial charge in [-0.3, -0.25) is 9.36 Å². The molecule has 0 radical (unpaired) electrons. The van der Waals surface area contributed by atoms with E-state index in [4.69, 9.17) is 4.74 Å². The first-order chi connectivity index (χ1) is 15.6. The summed E-state index contributed by atoms with van der Waals surface area (Å²) < 4.78 is 7.79. The van der Waals surface area contributed by atoms with Gasteiger partial charge in [-0.15, -0.1) is 21.5 Å². The second kappa shape index (κ2) is 8.60. The monoisotopic (exact) mass is 461 g/mol. The molecule has 1 N–H and O–H groups in total. The number of rotatable bonds is 6. The van der Waals surface area contributed by atoms with E-state index in [0.29, 0.717) is 21.8 Å². The van der Waals surface area contributed by atoms with Gasteiger partial charge >= 0.3 is 0 Å². The Hall–Kier alpha value is -3.43. The van der Waals surface area contributed by atoms with Gasteiger partial charge in [-0.1, -0.05) is 30.0 Å². The molecular weight excluding hydrogens is 442 g/mol. The molecule has 0 saturated carbocycles. The van der Waals surface area contributed by atoms with Crippen molar-refractivity contribution in [2.45, 2.75) is 17.8 Å². The second-order valence-corrected chi connectivity index (χ2v) is 9.12. The number of thioether (sulfide) groups is 1. The SMILES string of the molecule is COc1ccc(-c2cc3nc(CSc4nncn4-c4ccccc4C)[nH]c(=O)c3s2)cc1. The van der Waals surface area contributed by atoms with Gasteiger partial charge in [0, 0.05) is 4.88 Å². The van der Waals surface area contributed by atoms with Gasteiger partial charge in [0.05, 0.1) is 24.1 Å². The summed E-state index contributed by atoms with van der Waals surface area (Å²) in [5.41, 5.74) is 3.75. The minimum absolute atomic E-state index is 0.129. The number of nitrogens with one attached hydrogen (secondary N) is 1. The molecular formula is C23H19N5O2S2. The second-order valence-electron chi connectivity index (χ2n) is 7.12. The standard InChI is InChI=1S/C23H19N5O2S2/c1-14-5-3-4-6-18(14)28-13-24-27-23(28)31-12-20-25-17-11-19(32-21(17)22(29)26-20)15-7-9-16(30-2)10-8-15/h3-11,13H,12H2,1-2H3,(H,25,26,29). The van der Waals surface area contributed by atoms with E-state index >= 15 is 0 Å². The number of aromatic amines is 1. The predicted molar refractivity (Wildman–Crippen MR) is 128 cm³/mol.